The second-order valence-electron chi connectivity index (χ2n) is 5.52. The van der Waals surface area contributed by atoms with Crippen LogP contribution in [0.4, 0.5) is 17.3 Å². The summed E-state index contributed by atoms with van der Waals surface area (Å²) in [6.45, 7) is 2.56. The van der Waals surface area contributed by atoms with Crippen molar-refractivity contribution in [2.24, 2.45) is 0 Å². The van der Waals surface area contributed by atoms with Gasteiger partial charge in [-0.15, -0.1) is 0 Å². The molecule has 0 amide bonds. The van der Waals surface area contributed by atoms with Gasteiger partial charge in [0, 0.05) is 22.8 Å². The zero-order chi connectivity index (χ0) is 17.6. The van der Waals surface area contributed by atoms with E-state index in [0.29, 0.717) is 12.4 Å². The van der Waals surface area contributed by atoms with E-state index in [1.54, 1.807) is 7.11 Å². The lowest BCUT2D eigenvalue weighted by atomic mass is 10.2. The van der Waals surface area contributed by atoms with Gasteiger partial charge >= 0.3 is 0 Å². The van der Waals surface area contributed by atoms with E-state index in [0.717, 1.165) is 33.1 Å². The van der Waals surface area contributed by atoms with Crippen molar-refractivity contribution in [3.05, 3.63) is 70.5 Å². The van der Waals surface area contributed by atoms with E-state index < -0.39 is 0 Å². The van der Waals surface area contributed by atoms with Crippen molar-refractivity contribution in [3.8, 4) is 5.75 Å². The maximum absolute atomic E-state index is 5.18. The summed E-state index contributed by atoms with van der Waals surface area (Å²) in [5.74, 6) is 3.09. The molecule has 5 nitrogen and oxygen atoms in total. The number of methoxy groups -OCH3 is 1. The second-order valence-corrected chi connectivity index (χ2v) is 6.44. The van der Waals surface area contributed by atoms with E-state index in [-0.39, 0.29) is 0 Å². The fourth-order valence-corrected chi connectivity index (χ4v) is 2.77. The Hall–Kier alpha value is -2.60. The molecule has 3 aromatic rings. The molecule has 2 N–H and O–H groups in total. The van der Waals surface area contributed by atoms with E-state index in [9.17, 15) is 0 Å². The molecule has 6 heteroatoms. The minimum absolute atomic E-state index is 0.677. The number of aryl methyl sites for hydroxylation is 1. The minimum Gasteiger partial charge on any atom is -0.497 e. The van der Waals surface area contributed by atoms with Gasteiger partial charge in [0.25, 0.3) is 0 Å². The minimum atomic E-state index is 0.677. The van der Waals surface area contributed by atoms with Crippen LogP contribution in [0.25, 0.3) is 0 Å². The second kappa shape index (κ2) is 7.98. The normalized spacial score (nSPS) is 10.4. The molecule has 1 aromatic heterocycles. The standard InChI is InChI=1S/C19H19BrN4O/c1-13-22-18(21-12-14-6-8-17(25-2)9-7-14)11-19(23-13)24-16-5-3-4-15(20)10-16/h3-11H,12H2,1-2H3,(H2,21,22,23,24). The lowest BCUT2D eigenvalue weighted by molar-refractivity contribution is 0.414. The fraction of sp³-hybridized carbons (Fsp3) is 0.158. The summed E-state index contributed by atoms with van der Waals surface area (Å²) >= 11 is 3.47. The molecule has 3 rings (SSSR count). The average Bonchev–Trinajstić information content (AvgIpc) is 2.60. The van der Waals surface area contributed by atoms with Gasteiger partial charge in [-0.25, -0.2) is 9.97 Å². The maximum atomic E-state index is 5.18. The third-order valence-corrected chi connectivity index (χ3v) is 4.06. The molecular formula is C19H19BrN4O. The first-order valence-electron chi connectivity index (χ1n) is 7.87. The monoisotopic (exact) mass is 398 g/mol. The third kappa shape index (κ3) is 4.93. The smallest absolute Gasteiger partial charge is 0.136 e. The molecule has 2 aromatic carbocycles. The molecule has 0 unspecified atom stereocenters. The van der Waals surface area contributed by atoms with Crippen molar-refractivity contribution in [3.63, 3.8) is 0 Å². The average molecular weight is 399 g/mol. The first-order valence-corrected chi connectivity index (χ1v) is 8.67. The van der Waals surface area contributed by atoms with Crippen molar-refractivity contribution in [1.82, 2.24) is 9.97 Å². The molecule has 25 heavy (non-hydrogen) atoms. The van der Waals surface area contributed by atoms with Gasteiger partial charge < -0.3 is 15.4 Å². The number of rotatable bonds is 6. The Labute approximate surface area is 155 Å². The maximum Gasteiger partial charge on any atom is 0.136 e. The van der Waals surface area contributed by atoms with Crippen molar-refractivity contribution in [2.45, 2.75) is 13.5 Å². The summed E-state index contributed by atoms with van der Waals surface area (Å²) < 4.78 is 6.19. The zero-order valence-corrected chi connectivity index (χ0v) is 15.7. The highest BCUT2D eigenvalue weighted by Gasteiger charge is 2.03. The van der Waals surface area contributed by atoms with Gasteiger partial charge in [-0.3, -0.25) is 0 Å². The number of anilines is 3. The summed E-state index contributed by atoms with van der Waals surface area (Å²) in [6, 6.07) is 17.8. The van der Waals surface area contributed by atoms with Gasteiger partial charge in [0.05, 0.1) is 7.11 Å². The predicted molar refractivity (Wildman–Crippen MR) is 105 cm³/mol. The molecule has 1 heterocycles. The van der Waals surface area contributed by atoms with E-state index in [1.807, 2.05) is 61.5 Å². The lowest BCUT2D eigenvalue weighted by Crippen LogP contribution is -2.05. The Morgan fingerprint density at radius 1 is 1.00 bits per heavy atom. The molecule has 0 fully saturated rings. The van der Waals surface area contributed by atoms with E-state index in [4.69, 9.17) is 4.74 Å². The van der Waals surface area contributed by atoms with Gasteiger partial charge in [-0.2, -0.15) is 0 Å². The van der Waals surface area contributed by atoms with Gasteiger partial charge in [-0.05, 0) is 42.8 Å². The van der Waals surface area contributed by atoms with Crippen LogP contribution >= 0.6 is 15.9 Å². The number of nitrogens with one attached hydrogen (secondary N) is 2. The first-order chi connectivity index (χ1) is 12.1. The highest BCUT2D eigenvalue weighted by Crippen LogP contribution is 2.21. The molecule has 0 aliphatic heterocycles. The Balaban J connectivity index is 1.70. The molecular weight excluding hydrogens is 380 g/mol. The molecule has 0 radical (unpaired) electrons. The van der Waals surface area contributed by atoms with E-state index in [2.05, 4.69) is 36.5 Å². The number of hydrogen-bond donors (Lipinski definition) is 2. The summed E-state index contributed by atoms with van der Waals surface area (Å²) in [7, 11) is 1.66. The fourth-order valence-electron chi connectivity index (χ4n) is 2.37. The van der Waals surface area contributed by atoms with Crippen LogP contribution in [0.15, 0.2) is 59.1 Å². The van der Waals surface area contributed by atoms with Gasteiger partial charge in [0.1, 0.15) is 23.2 Å². The predicted octanol–water partition coefficient (Wildman–Crippen LogP) is 4.91. The Morgan fingerprint density at radius 2 is 1.76 bits per heavy atom. The van der Waals surface area contributed by atoms with Crippen LogP contribution in [0, 0.1) is 6.92 Å². The third-order valence-electron chi connectivity index (χ3n) is 3.57. The summed E-state index contributed by atoms with van der Waals surface area (Å²) in [6.07, 6.45) is 0. The molecule has 128 valence electrons. The molecule has 0 saturated carbocycles. The molecule has 0 saturated heterocycles. The van der Waals surface area contributed by atoms with Gasteiger partial charge in [0.15, 0.2) is 0 Å². The lowest BCUT2D eigenvalue weighted by Gasteiger charge is -2.11. The zero-order valence-electron chi connectivity index (χ0n) is 14.1. The molecule has 0 spiro atoms. The number of aromatic nitrogens is 2. The van der Waals surface area contributed by atoms with E-state index in [1.165, 1.54) is 0 Å². The molecule has 0 aliphatic carbocycles. The topological polar surface area (TPSA) is 59.1 Å². The van der Waals surface area contributed by atoms with Gasteiger partial charge in [0.2, 0.25) is 0 Å². The Kier molecular flexibility index (Phi) is 5.50. The van der Waals surface area contributed by atoms with Crippen molar-refractivity contribution in [2.75, 3.05) is 17.7 Å². The number of nitrogens with zero attached hydrogens (tertiary/aromatic N) is 2. The summed E-state index contributed by atoms with van der Waals surface area (Å²) in [5.41, 5.74) is 2.12. The Bertz CT molecular complexity index is 852. The summed E-state index contributed by atoms with van der Waals surface area (Å²) in [4.78, 5) is 8.89. The van der Waals surface area contributed by atoms with Crippen LogP contribution in [0.5, 0.6) is 5.75 Å². The molecule has 0 aliphatic rings. The van der Waals surface area contributed by atoms with Crippen molar-refractivity contribution < 1.29 is 4.74 Å². The number of hydrogen-bond acceptors (Lipinski definition) is 5. The molecule has 0 atom stereocenters. The highest BCUT2D eigenvalue weighted by molar-refractivity contribution is 9.10. The van der Waals surface area contributed by atoms with Crippen LogP contribution in [0.1, 0.15) is 11.4 Å². The molecule has 0 bridgehead atoms. The van der Waals surface area contributed by atoms with Crippen molar-refractivity contribution in [1.29, 1.82) is 0 Å². The summed E-state index contributed by atoms with van der Waals surface area (Å²) in [5, 5.41) is 6.64. The number of benzene rings is 2. The number of ether oxygens (including phenoxy) is 1. The highest BCUT2D eigenvalue weighted by atomic mass is 79.9. The first kappa shape index (κ1) is 17.2. The van der Waals surface area contributed by atoms with Crippen LogP contribution in [-0.2, 0) is 6.54 Å². The Morgan fingerprint density at radius 3 is 2.48 bits per heavy atom. The quantitative estimate of drug-likeness (QED) is 0.617. The van der Waals surface area contributed by atoms with Crippen LogP contribution < -0.4 is 15.4 Å². The number of halogens is 1. The largest absolute Gasteiger partial charge is 0.497 e. The van der Waals surface area contributed by atoms with Gasteiger partial charge in [-0.1, -0.05) is 34.1 Å². The van der Waals surface area contributed by atoms with Crippen molar-refractivity contribution >= 4 is 33.3 Å². The van der Waals surface area contributed by atoms with Crippen LogP contribution in [0.2, 0.25) is 0 Å². The van der Waals surface area contributed by atoms with Crippen LogP contribution in [0.3, 0.4) is 0 Å². The van der Waals surface area contributed by atoms with E-state index >= 15 is 0 Å². The van der Waals surface area contributed by atoms with Crippen LogP contribution in [-0.4, -0.2) is 17.1 Å². The SMILES string of the molecule is COc1ccc(CNc2cc(Nc3cccc(Br)c3)nc(C)n2)cc1.